The first-order valence-corrected chi connectivity index (χ1v) is 7.91. The zero-order chi connectivity index (χ0) is 17.4. The van der Waals surface area contributed by atoms with Crippen molar-refractivity contribution in [3.63, 3.8) is 0 Å². The van der Waals surface area contributed by atoms with Crippen molar-refractivity contribution in [3.05, 3.63) is 65.7 Å². The van der Waals surface area contributed by atoms with E-state index in [0.717, 1.165) is 5.69 Å². The van der Waals surface area contributed by atoms with E-state index in [0.29, 0.717) is 30.8 Å². The van der Waals surface area contributed by atoms with Gasteiger partial charge in [0.1, 0.15) is 0 Å². The Kier molecular flexibility index (Phi) is 6.51. The Morgan fingerprint density at radius 2 is 1.75 bits per heavy atom. The molecule has 2 aromatic carbocycles. The van der Waals surface area contributed by atoms with E-state index in [4.69, 9.17) is 4.74 Å². The number of para-hydroxylation sites is 1. The minimum absolute atomic E-state index is 0.129. The molecule has 0 aliphatic carbocycles. The van der Waals surface area contributed by atoms with Gasteiger partial charge in [-0.2, -0.15) is 0 Å². The van der Waals surface area contributed by atoms with Crippen LogP contribution in [0.3, 0.4) is 0 Å². The normalized spacial score (nSPS) is 10.2. The molecule has 2 amide bonds. The summed E-state index contributed by atoms with van der Waals surface area (Å²) in [7, 11) is 1.58. The van der Waals surface area contributed by atoms with Crippen LogP contribution < -0.4 is 10.2 Å². The molecular formula is C19H22N2O3. The third-order valence-electron chi connectivity index (χ3n) is 3.59. The first-order valence-electron chi connectivity index (χ1n) is 7.91. The molecule has 0 heterocycles. The Balaban J connectivity index is 2.17. The zero-order valence-corrected chi connectivity index (χ0v) is 14.0. The van der Waals surface area contributed by atoms with Crippen molar-refractivity contribution in [3.8, 4) is 0 Å². The van der Waals surface area contributed by atoms with Gasteiger partial charge in [0.2, 0.25) is 0 Å². The van der Waals surface area contributed by atoms with Gasteiger partial charge < -0.3 is 15.0 Å². The third kappa shape index (κ3) is 4.43. The van der Waals surface area contributed by atoms with Gasteiger partial charge in [0.15, 0.2) is 0 Å². The first kappa shape index (κ1) is 17.7. The van der Waals surface area contributed by atoms with Crippen LogP contribution in [0.4, 0.5) is 5.69 Å². The number of methoxy groups -OCH3 is 1. The van der Waals surface area contributed by atoms with Gasteiger partial charge in [-0.3, -0.25) is 9.59 Å². The molecule has 0 radical (unpaired) electrons. The average molecular weight is 326 g/mol. The van der Waals surface area contributed by atoms with E-state index < -0.39 is 0 Å². The number of amides is 2. The molecule has 24 heavy (non-hydrogen) atoms. The van der Waals surface area contributed by atoms with Crippen molar-refractivity contribution >= 4 is 17.5 Å². The van der Waals surface area contributed by atoms with E-state index in [1.54, 1.807) is 36.3 Å². The van der Waals surface area contributed by atoms with Crippen LogP contribution in [0, 0.1) is 0 Å². The van der Waals surface area contributed by atoms with Gasteiger partial charge in [-0.1, -0.05) is 24.3 Å². The number of nitrogens with zero attached hydrogens (tertiary/aromatic N) is 1. The van der Waals surface area contributed by atoms with E-state index >= 15 is 0 Å². The van der Waals surface area contributed by atoms with Crippen molar-refractivity contribution < 1.29 is 14.3 Å². The molecule has 2 rings (SSSR count). The number of carbonyl (C=O) groups is 2. The van der Waals surface area contributed by atoms with E-state index in [9.17, 15) is 9.59 Å². The van der Waals surface area contributed by atoms with Crippen molar-refractivity contribution in [2.24, 2.45) is 0 Å². The highest BCUT2D eigenvalue weighted by Gasteiger charge is 2.17. The number of ether oxygens (including phenoxy) is 1. The topological polar surface area (TPSA) is 58.6 Å². The molecule has 0 saturated carbocycles. The average Bonchev–Trinajstić information content (AvgIpc) is 2.63. The lowest BCUT2D eigenvalue weighted by Crippen LogP contribution is -2.31. The predicted octanol–water partition coefficient (Wildman–Crippen LogP) is 2.73. The van der Waals surface area contributed by atoms with Crippen LogP contribution in [0.25, 0.3) is 0 Å². The highest BCUT2D eigenvalue weighted by atomic mass is 16.5. The largest absolute Gasteiger partial charge is 0.383 e. The molecule has 126 valence electrons. The van der Waals surface area contributed by atoms with Crippen LogP contribution in [0.2, 0.25) is 0 Å². The smallest absolute Gasteiger partial charge is 0.258 e. The summed E-state index contributed by atoms with van der Waals surface area (Å²) in [4.78, 5) is 26.6. The summed E-state index contributed by atoms with van der Waals surface area (Å²) in [5.74, 6) is -0.347. The SMILES string of the molecule is CCN(C(=O)c1cccc(C(=O)NCCOC)c1)c1ccccc1. The zero-order valence-electron chi connectivity index (χ0n) is 14.0. The lowest BCUT2D eigenvalue weighted by atomic mass is 10.1. The van der Waals surface area contributed by atoms with E-state index in [1.165, 1.54) is 0 Å². The fourth-order valence-corrected chi connectivity index (χ4v) is 2.37. The van der Waals surface area contributed by atoms with Gasteiger partial charge in [0.05, 0.1) is 6.61 Å². The predicted molar refractivity (Wildman–Crippen MR) is 94.4 cm³/mol. The molecule has 0 bridgehead atoms. The summed E-state index contributed by atoms with van der Waals surface area (Å²) in [5.41, 5.74) is 1.78. The maximum Gasteiger partial charge on any atom is 0.258 e. The molecule has 5 heteroatoms. The molecular weight excluding hydrogens is 304 g/mol. The number of anilines is 1. The molecule has 5 nitrogen and oxygen atoms in total. The number of nitrogens with one attached hydrogen (secondary N) is 1. The van der Waals surface area contributed by atoms with Crippen molar-refractivity contribution in [2.75, 3.05) is 31.7 Å². The van der Waals surface area contributed by atoms with Crippen LogP contribution in [-0.2, 0) is 4.74 Å². The van der Waals surface area contributed by atoms with E-state index in [1.807, 2.05) is 37.3 Å². The first-order chi connectivity index (χ1) is 11.7. The molecule has 0 aliphatic heterocycles. The number of hydrogen-bond acceptors (Lipinski definition) is 3. The maximum absolute atomic E-state index is 12.8. The molecule has 1 N–H and O–H groups in total. The highest BCUT2D eigenvalue weighted by Crippen LogP contribution is 2.17. The van der Waals surface area contributed by atoms with Gasteiger partial charge in [-0.25, -0.2) is 0 Å². The van der Waals surface area contributed by atoms with E-state index in [-0.39, 0.29) is 11.8 Å². The lowest BCUT2D eigenvalue weighted by Gasteiger charge is -2.21. The second-order valence-electron chi connectivity index (χ2n) is 5.21. The second-order valence-corrected chi connectivity index (χ2v) is 5.21. The van der Waals surface area contributed by atoms with Gasteiger partial charge in [-0.15, -0.1) is 0 Å². The van der Waals surface area contributed by atoms with Gasteiger partial charge in [-0.05, 0) is 37.3 Å². The van der Waals surface area contributed by atoms with Crippen LogP contribution in [0.15, 0.2) is 54.6 Å². The van der Waals surface area contributed by atoms with Crippen LogP contribution in [0.1, 0.15) is 27.6 Å². The third-order valence-corrected chi connectivity index (χ3v) is 3.59. The van der Waals surface area contributed by atoms with Gasteiger partial charge in [0, 0.05) is 37.0 Å². The Bertz CT molecular complexity index is 686. The summed E-state index contributed by atoms with van der Waals surface area (Å²) < 4.78 is 4.91. The molecule has 0 aromatic heterocycles. The fraction of sp³-hybridized carbons (Fsp3) is 0.263. The molecule has 0 fully saturated rings. The number of hydrogen-bond donors (Lipinski definition) is 1. The highest BCUT2D eigenvalue weighted by molar-refractivity contribution is 6.07. The fourth-order valence-electron chi connectivity index (χ4n) is 2.37. The second kappa shape index (κ2) is 8.84. The molecule has 0 saturated heterocycles. The Labute approximate surface area is 142 Å². The monoisotopic (exact) mass is 326 g/mol. The van der Waals surface area contributed by atoms with Crippen LogP contribution in [0.5, 0.6) is 0 Å². The maximum atomic E-state index is 12.8. The standard InChI is InChI=1S/C19H22N2O3/c1-3-21(17-10-5-4-6-11-17)19(23)16-9-7-8-15(14-16)18(22)20-12-13-24-2/h4-11,14H,3,12-13H2,1-2H3,(H,20,22). The Morgan fingerprint density at radius 1 is 1.04 bits per heavy atom. The Hall–Kier alpha value is -2.66. The van der Waals surface area contributed by atoms with Crippen molar-refractivity contribution in [2.45, 2.75) is 6.92 Å². The molecule has 0 aliphatic rings. The van der Waals surface area contributed by atoms with E-state index in [2.05, 4.69) is 5.32 Å². The van der Waals surface area contributed by atoms with Gasteiger partial charge in [0.25, 0.3) is 11.8 Å². The quantitative estimate of drug-likeness (QED) is 0.796. The van der Waals surface area contributed by atoms with Crippen LogP contribution in [-0.4, -0.2) is 38.6 Å². The van der Waals surface area contributed by atoms with Crippen molar-refractivity contribution in [1.29, 1.82) is 0 Å². The van der Waals surface area contributed by atoms with Crippen LogP contribution >= 0.6 is 0 Å². The molecule has 2 aromatic rings. The lowest BCUT2D eigenvalue weighted by molar-refractivity contribution is 0.0937. The summed E-state index contributed by atoms with van der Waals surface area (Å²) in [5, 5.41) is 2.75. The molecule has 0 spiro atoms. The number of rotatable bonds is 7. The van der Waals surface area contributed by atoms with Crippen molar-refractivity contribution in [1.82, 2.24) is 5.32 Å². The molecule has 0 unspecified atom stereocenters. The minimum atomic E-state index is -0.218. The number of benzene rings is 2. The summed E-state index contributed by atoms with van der Waals surface area (Å²) in [6, 6.07) is 16.2. The number of carbonyl (C=O) groups excluding carboxylic acids is 2. The minimum Gasteiger partial charge on any atom is -0.383 e. The Morgan fingerprint density at radius 3 is 2.42 bits per heavy atom. The summed E-state index contributed by atoms with van der Waals surface area (Å²) in [6.07, 6.45) is 0. The summed E-state index contributed by atoms with van der Waals surface area (Å²) >= 11 is 0. The molecule has 0 atom stereocenters. The summed E-state index contributed by atoms with van der Waals surface area (Å²) in [6.45, 7) is 3.35. The van der Waals surface area contributed by atoms with Gasteiger partial charge >= 0.3 is 0 Å².